The van der Waals surface area contributed by atoms with E-state index in [9.17, 15) is 14.9 Å². The Morgan fingerprint density at radius 1 is 1.27 bits per heavy atom. The molecule has 2 heterocycles. The highest BCUT2D eigenvalue weighted by molar-refractivity contribution is 5.90. The number of benzene rings is 1. The fraction of sp³-hybridized carbons (Fsp3) is 0.250. The molecule has 10 heteroatoms. The van der Waals surface area contributed by atoms with Crippen molar-refractivity contribution in [3.05, 3.63) is 52.2 Å². The van der Waals surface area contributed by atoms with Gasteiger partial charge in [-0.25, -0.2) is 0 Å². The largest absolute Gasteiger partial charge is 0.401 e. The first-order chi connectivity index (χ1) is 12.4. The van der Waals surface area contributed by atoms with Gasteiger partial charge in [-0.3, -0.25) is 24.9 Å². The molecule has 0 aliphatic rings. The number of non-ortho nitro benzene ring substituents is 1. The lowest BCUT2D eigenvalue weighted by atomic mass is 10.1. The van der Waals surface area contributed by atoms with Crippen molar-refractivity contribution in [2.75, 3.05) is 5.32 Å². The minimum Gasteiger partial charge on any atom is -0.401 e. The molecule has 0 saturated carbocycles. The molecule has 3 rings (SSSR count). The summed E-state index contributed by atoms with van der Waals surface area (Å²) in [4.78, 5) is 22.2. The predicted octanol–water partition coefficient (Wildman–Crippen LogP) is 2.60. The van der Waals surface area contributed by atoms with Crippen molar-refractivity contribution in [3.8, 4) is 11.6 Å². The second-order valence-electron chi connectivity index (χ2n) is 5.82. The third kappa shape index (κ3) is 3.74. The summed E-state index contributed by atoms with van der Waals surface area (Å²) < 4.78 is 7.21. The maximum atomic E-state index is 12.1. The Hall–Kier alpha value is -3.56. The summed E-state index contributed by atoms with van der Waals surface area (Å²) in [5, 5.41) is 25.1. The van der Waals surface area contributed by atoms with E-state index in [2.05, 4.69) is 20.6 Å². The van der Waals surface area contributed by atoms with Gasteiger partial charge in [0.1, 0.15) is 5.69 Å². The van der Waals surface area contributed by atoms with E-state index in [-0.39, 0.29) is 36.0 Å². The number of nitrogens with one attached hydrogen (secondary N) is 1. The molecule has 0 atom stereocenters. The second-order valence-corrected chi connectivity index (χ2v) is 5.82. The van der Waals surface area contributed by atoms with Crippen LogP contribution < -0.4 is 5.32 Å². The van der Waals surface area contributed by atoms with E-state index < -0.39 is 4.92 Å². The number of amides is 1. The first kappa shape index (κ1) is 17.3. The van der Waals surface area contributed by atoms with Gasteiger partial charge >= 0.3 is 6.01 Å². The van der Waals surface area contributed by atoms with E-state index in [1.54, 1.807) is 16.9 Å². The molecule has 0 radical (unpaired) electrons. The smallest absolute Gasteiger partial charge is 0.322 e. The molecular formula is C16H16N6O4. The summed E-state index contributed by atoms with van der Waals surface area (Å²) in [5.74, 6) is -0.117. The fourth-order valence-corrected chi connectivity index (χ4v) is 2.36. The van der Waals surface area contributed by atoms with Crippen molar-refractivity contribution in [2.24, 2.45) is 0 Å². The molecule has 26 heavy (non-hydrogen) atoms. The van der Waals surface area contributed by atoms with Crippen LogP contribution in [0.2, 0.25) is 0 Å². The number of aromatic nitrogens is 4. The third-order valence-corrected chi connectivity index (χ3v) is 3.56. The quantitative estimate of drug-likeness (QED) is 0.531. The first-order valence-electron chi connectivity index (χ1n) is 7.84. The third-order valence-electron chi connectivity index (χ3n) is 3.56. The topological polar surface area (TPSA) is 129 Å². The fourth-order valence-electron chi connectivity index (χ4n) is 2.36. The molecule has 3 aromatic rings. The average Bonchev–Trinajstić information content (AvgIpc) is 3.23. The van der Waals surface area contributed by atoms with Crippen LogP contribution in [0.4, 0.5) is 11.7 Å². The van der Waals surface area contributed by atoms with Gasteiger partial charge in [-0.05, 0) is 25.5 Å². The molecule has 2 aromatic heterocycles. The van der Waals surface area contributed by atoms with E-state index in [0.29, 0.717) is 11.3 Å². The van der Waals surface area contributed by atoms with E-state index in [1.807, 2.05) is 13.8 Å². The molecule has 0 aliphatic heterocycles. The van der Waals surface area contributed by atoms with Crippen LogP contribution in [0.25, 0.3) is 11.6 Å². The summed E-state index contributed by atoms with van der Waals surface area (Å²) in [6.07, 6.45) is 1.66. The van der Waals surface area contributed by atoms with Crippen LogP contribution in [-0.2, 0) is 11.2 Å². The van der Waals surface area contributed by atoms with Crippen molar-refractivity contribution in [3.63, 3.8) is 0 Å². The maximum absolute atomic E-state index is 12.1. The lowest BCUT2D eigenvalue weighted by molar-refractivity contribution is -0.384. The zero-order chi connectivity index (χ0) is 18.7. The van der Waals surface area contributed by atoms with Crippen molar-refractivity contribution in [1.82, 2.24) is 20.0 Å². The molecular weight excluding hydrogens is 340 g/mol. The second kappa shape index (κ2) is 7.13. The number of nitro benzene ring substituents is 1. The lowest BCUT2D eigenvalue weighted by Crippen LogP contribution is -2.14. The number of hydrogen-bond donors (Lipinski definition) is 1. The molecule has 0 bridgehead atoms. The Labute approximate surface area is 148 Å². The standard InChI is InChI=1S/C16H16N6O4/c1-10(2)21-13(7-8-17-21)15-19-20-16(26-15)18-14(23)9-11-3-5-12(6-4-11)22(24)25/h3-8,10H,9H2,1-2H3,(H,18,20,23). The highest BCUT2D eigenvalue weighted by Crippen LogP contribution is 2.22. The van der Waals surface area contributed by atoms with E-state index in [0.717, 1.165) is 0 Å². The van der Waals surface area contributed by atoms with Gasteiger partial charge in [0, 0.05) is 24.4 Å². The zero-order valence-corrected chi connectivity index (χ0v) is 14.1. The van der Waals surface area contributed by atoms with Crippen LogP contribution in [0.3, 0.4) is 0 Å². The Kier molecular flexibility index (Phi) is 4.74. The summed E-state index contributed by atoms with van der Waals surface area (Å²) in [7, 11) is 0. The molecule has 0 aliphatic carbocycles. The van der Waals surface area contributed by atoms with Crippen LogP contribution in [0.1, 0.15) is 25.5 Å². The van der Waals surface area contributed by atoms with Crippen molar-refractivity contribution in [1.29, 1.82) is 0 Å². The van der Waals surface area contributed by atoms with Gasteiger partial charge < -0.3 is 4.42 Å². The van der Waals surface area contributed by atoms with Crippen LogP contribution >= 0.6 is 0 Å². The van der Waals surface area contributed by atoms with Gasteiger partial charge in [-0.2, -0.15) is 5.10 Å². The van der Waals surface area contributed by atoms with Crippen molar-refractivity contribution >= 4 is 17.6 Å². The number of nitro groups is 1. The SMILES string of the molecule is CC(C)n1nccc1-c1nnc(NC(=O)Cc2ccc([N+](=O)[O-])cc2)o1. The number of carbonyl (C=O) groups excluding carboxylic acids is 1. The van der Waals surface area contributed by atoms with Crippen LogP contribution in [0, 0.1) is 10.1 Å². The van der Waals surface area contributed by atoms with Crippen molar-refractivity contribution in [2.45, 2.75) is 26.3 Å². The lowest BCUT2D eigenvalue weighted by Gasteiger charge is -2.07. The molecule has 1 amide bonds. The number of carbonyl (C=O) groups is 1. The van der Waals surface area contributed by atoms with Crippen molar-refractivity contribution < 1.29 is 14.1 Å². The zero-order valence-electron chi connectivity index (χ0n) is 14.1. The average molecular weight is 356 g/mol. The highest BCUT2D eigenvalue weighted by Gasteiger charge is 2.16. The highest BCUT2D eigenvalue weighted by atomic mass is 16.6. The molecule has 0 spiro atoms. The Balaban J connectivity index is 1.66. The Morgan fingerprint density at radius 2 is 2.00 bits per heavy atom. The minimum atomic E-state index is -0.494. The molecule has 134 valence electrons. The number of anilines is 1. The monoisotopic (exact) mass is 356 g/mol. The molecule has 0 saturated heterocycles. The van der Waals surface area contributed by atoms with E-state index in [1.165, 1.54) is 24.3 Å². The number of hydrogen-bond acceptors (Lipinski definition) is 7. The normalized spacial score (nSPS) is 10.9. The van der Waals surface area contributed by atoms with Gasteiger partial charge in [0.15, 0.2) is 0 Å². The van der Waals surface area contributed by atoms with Crippen LogP contribution in [0.5, 0.6) is 0 Å². The molecule has 10 nitrogen and oxygen atoms in total. The van der Waals surface area contributed by atoms with E-state index >= 15 is 0 Å². The summed E-state index contributed by atoms with van der Waals surface area (Å²) in [5.41, 5.74) is 1.26. The predicted molar refractivity (Wildman–Crippen MR) is 91.3 cm³/mol. The van der Waals surface area contributed by atoms with Crippen LogP contribution in [0.15, 0.2) is 40.9 Å². The maximum Gasteiger partial charge on any atom is 0.322 e. The van der Waals surface area contributed by atoms with Gasteiger partial charge in [0.25, 0.3) is 11.6 Å². The van der Waals surface area contributed by atoms with Crippen LogP contribution in [-0.4, -0.2) is 30.8 Å². The van der Waals surface area contributed by atoms with Gasteiger partial charge in [0.2, 0.25) is 5.91 Å². The Bertz CT molecular complexity index is 928. The molecule has 1 aromatic carbocycles. The number of nitrogens with zero attached hydrogens (tertiary/aromatic N) is 5. The number of rotatable bonds is 6. The molecule has 0 unspecified atom stereocenters. The summed E-state index contributed by atoms with van der Waals surface area (Å²) in [6.45, 7) is 3.94. The molecule has 1 N–H and O–H groups in total. The Morgan fingerprint density at radius 3 is 2.65 bits per heavy atom. The summed E-state index contributed by atoms with van der Waals surface area (Å²) in [6, 6.07) is 7.59. The van der Waals surface area contributed by atoms with Gasteiger partial charge in [-0.1, -0.05) is 17.2 Å². The summed E-state index contributed by atoms with van der Waals surface area (Å²) >= 11 is 0. The van der Waals surface area contributed by atoms with Gasteiger partial charge in [-0.15, -0.1) is 5.10 Å². The van der Waals surface area contributed by atoms with E-state index in [4.69, 9.17) is 4.42 Å². The van der Waals surface area contributed by atoms with Gasteiger partial charge in [0.05, 0.1) is 11.3 Å². The minimum absolute atomic E-state index is 0.0246. The first-order valence-corrected chi connectivity index (χ1v) is 7.84. The molecule has 0 fully saturated rings.